The van der Waals surface area contributed by atoms with Crippen molar-refractivity contribution < 1.29 is 23.1 Å². The van der Waals surface area contributed by atoms with Crippen LogP contribution in [0.15, 0.2) is 36.8 Å². The van der Waals surface area contributed by atoms with Crippen LogP contribution in [0.5, 0.6) is 0 Å². The third kappa shape index (κ3) is 5.42. The van der Waals surface area contributed by atoms with Crippen LogP contribution in [0.3, 0.4) is 0 Å². The lowest BCUT2D eigenvalue weighted by atomic mass is 10.1. The molecule has 1 aromatic carbocycles. The molecule has 4 aromatic rings. The predicted molar refractivity (Wildman–Crippen MR) is 122 cm³/mol. The lowest BCUT2D eigenvalue weighted by Gasteiger charge is -2.12. The number of alkyl halides is 3. The summed E-state index contributed by atoms with van der Waals surface area (Å²) < 4.78 is 31.7. The van der Waals surface area contributed by atoms with Gasteiger partial charge in [0.25, 0.3) is 0 Å². The Kier molecular flexibility index (Phi) is 6.63. The van der Waals surface area contributed by atoms with E-state index in [1.165, 1.54) is 37.0 Å². The van der Waals surface area contributed by atoms with E-state index in [1.807, 2.05) is 18.3 Å². The Morgan fingerprint density at radius 1 is 1.21 bits per heavy atom. The van der Waals surface area contributed by atoms with Gasteiger partial charge in [0.2, 0.25) is 5.13 Å². The van der Waals surface area contributed by atoms with E-state index in [4.69, 9.17) is 20.6 Å². The highest BCUT2D eigenvalue weighted by Crippen LogP contribution is 2.33. The van der Waals surface area contributed by atoms with Crippen molar-refractivity contribution in [3.8, 4) is 21.8 Å². The minimum atomic E-state index is -5.08. The van der Waals surface area contributed by atoms with Crippen molar-refractivity contribution >= 4 is 39.2 Å². The molecule has 0 saturated heterocycles. The van der Waals surface area contributed by atoms with Crippen LogP contribution in [0.2, 0.25) is 0 Å². The summed E-state index contributed by atoms with van der Waals surface area (Å²) in [6.45, 7) is 0. The number of fused-ring (bicyclic) bond motifs is 1. The van der Waals surface area contributed by atoms with Crippen LogP contribution in [-0.4, -0.2) is 48.4 Å². The van der Waals surface area contributed by atoms with Crippen molar-refractivity contribution in [2.75, 3.05) is 11.1 Å². The van der Waals surface area contributed by atoms with Gasteiger partial charge in [0.1, 0.15) is 10.8 Å². The van der Waals surface area contributed by atoms with Crippen LogP contribution in [0.4, 0.5) is 24.1 Å². The SMILES string of the molecule is Nc1nnc(-c2ccc3[nH]cc(-c4cncc(NC5CCCC5)n4)c3c2)s1.O=C(O)C(F)(F)F. The monoisotopic (exact) mass is 491 g/mol. The van der Waals surface area contributed by atoms with Gasteiger partial charge in [0.15, 0.2) is 0 Å². The first kappa shape index (κ1) is 23.4. The molecular formula is C21H20F3N7O2S. The fourth-order valence-corrected chi connectivity index (χ4v) is 4.27. The van der Waals surface area contributed by atoms with Gasteiger partial charge < -0.3 is 21.1 Å². The van der Waals surface area contributed by atoms with Gasteiger partial charge in [-0.1, -0.05) is 24.2 Å². The van der Waals surface area contributed by atoms with Gasteiger partial charge in [-0.2, -0.15) is 13.2 Å². The zero-order valence-corrected chi connectivity index (χ0v) is 18.5. The minimum absolute atomic E-state index is 0.468. The second kappa shape index (κ2) is 9.63. The summed E-state index contributed by atoms with van der Waals surface area (Å²) in [7, 11) is 0. The molecule has 3 heterocycles. The summed E-state index contributed by atoms with van der Waals surface area (Å²) >= 11 is 1.38. The molecule has 9 nitrogen and oxygen atoms in total. The van der Waals surface area contributed by atoms with E-state index in [0.717, 1.165) is 38.5 Å². The van der Waals surface area contributed by atoms with Crippen molar-refractivity contribution in [2.24, 2.45) is 0 Å². The van der Waals surface area contributed by atoms with E-state index in [1.54, 1.807) is 12.4 Å². The summed E-state index contributed by atoms with van der Waals surface area (Å²) in [5.41, 5.74) is 9.63. The summed E-state index contributed by atoms with van der Waals surface area (Å²) in [5, 5.41) is 21.1. The molecule has 0 atom stereocenters. The van der Waals surface area contributed by atoms with Crippen molar-refractivity contribution in [3.63, 3.8) is 0 Å². The molecule has 1 aliphatic rings. The lowest BCUT2D eigenvalue weighted by Crippen LogP contribution is -2.21. The number of rotatable bonds is 4. The number of aromatic nitrogens is 5. The van der Waals surface area contributed by atoms with Gasteiger partial charge in [-0.05, 0) is 31.0 Å². The molecular weight excluding hydrogens is 471 g/mol. The number of hydrogen-bond donors (Lipinski definition) is 4. The molecule has 5 N–H and O–H groups in total. The molecule has 1 aliphatic carbocycles. The fraction of sp³-hybridized carbons (Fsp3) is 0.286. The first-order valence-electron chi connectivity index (χ1n) is 10.3. The average Bonchev–Trinajstić information content (AvgIpc) is 3.54. The number of nitrogens with one attached hydrogen (secondary N) is 2. The standard InChI is InChI=1S/C19H19N7S.C2HF3O2/c20-19-26-25-18(27-19)11-5-6-15-13(7-11)14(8-22-15)16-9-21-10-17(24-16)23-12-3-1-2-4-12;3-2(4,5)1(6)7/h5-10,12,22H,1-4H2,(H2,20,26)(H,23,24);(H,6,7). The number of hydrogen-bond acceptors (Lipinski definition) is 8. The number of carboxylic acids is 1. The molecule has 34 heavy (non-hydrogen) atoms. The number of aromatic amines is 1. The number of H-pyrrole nitrogens is 1. The van der Waals surface area contributed by atoms with E-state index < -0.39 is 12.1 Å². The van der Waals surface area contributed by atoms with Crippen LogP contribution < -0.4 is 11.1 Å². The smallest absolute Gasteiger partial charge is 0.475 e. The zero-order valence-electron chi connectivity index (χ0n) is 17.6. The number of nitrogens with two attached hydrogens (primary N) is 1. The second-order valence-electron chi connectivity index (χ2n) is 7.63. The Morgan fingerprint density at radius 3 is 2.59 bits per heavy atom. The van der Waals surface area contributed by atoms with Crippen molar-refractivity contribution in [3.05, 3.63) is 36.8 Å². The number of nitrogens with zero attached hydrogens (tertiary/aromatic N) is 4. The second-order valence-corrected chi connectivity index (χ2v) is 8.64. The number of carboxylic acid groups (broad SMARTS) is 1. The molecule has 0 unspecified atom stereocenters. The number of halogens is 3. The van der Waals surface area contributed by atoms with E-state index in [9.17, 15) is 13.2 Å². The summed E-state index contributed by atoms with van der Waals surface area (Å²) in [5.74, 6) is -1.92. The van der Waals surface area contributed by atoms with Crippen LogP contribution >= 0.6 is 11.3 Å². The molecule has 13 heteroatoms. The number of benzene rings is 1. The van der Waals surface area contributed by atoms with E-state index >= 15 is 0 Å². The highest BCUT2D eigenvalue weighted by Gasteiger charge is 2.38. The Morgan fingerprint density at radius 2 is 1.94 bits per heavy atom. The van der Waals surface area contributed by atoms with Crippen LogP contribution in [0.25, 0.3) is 32.7 Å². The van der Waals surface area contributed by atoms with Gasteiger partial charge >= 0.3 is 12.1 Å². The molecule has 0 spiro atoms. The van der Waals surface area contributed by atoms with Gasteiger partial charge in [0.05, 0.1) is 18.1 Å². The van der Waals surface area contributed by atoms with Crippen molar-refractivity contribution in [2.45, 2.75) is 37.9 Å². The Hall–Kier alpha value is -3.74. The van der Waals surface area contributed by atoms with Crippen molar-refractivity contribution in [1.82, 2.24) is 25.1 Å². The lowest BCUT2D eigenvalue weighted by molar-refractivity contribution is -0.192. The molecule has 0 amide bonds. The van der Waals surface area contributed by atoms with E-state index in [0.29, 0.717) is 11.2 Å². The van der Waals surface area contributed by atoms with Gasteiger partial charge in [-0.25, -0.2) is 9.78 Å². The maximum atomic E-state index is 10.6. The Balaban J connectivity index is 0.000000344. The van der Waals surface area contributed by atoms with Crippen LogP contribution in [0, 0.1) is 0 Å². The molecule has 1 fully saturated rings. The zero-order chi connectivity index (χ0) is 24.3. The number of aliphatic carboxylic acids is 1. The third-order valence-corrected chi connectivity index (χ3v) is 6.03. The molecule has 0 radical (unpaired) electrons. The van der Waals surface area contributed by atoms with E-state index in [2.05, 4.69) is 31.5 Å². The average molecular weight is 491 g/mol. The quantitative estimate of drug-likeness (QED) is 0.321. The molecule has 178 valence electrons. The van der Waals surface area contributed by atoms with Crippen LogP contribution in [-0.2, 0) is 4.79 Å². The Labute approximate surface area is 195 Å². The minimum Gasteiger partial charge on any atom is -0.475 e. The number of nitrogen functional groups attached to an aromatic ring is 1. The third-order valence-electron chi connectivity index (χ3n) is 5.23. The van der Waals surface area contributed by atoms with Gasteiger partial charge in [-0.3, -0.25) is 4.98 Å². The summed E-state index contributed by atoms with van der Waals surface area (Å²) in [6.07, 6.45) is 5.47. The topological polar surface area (TPSA) is 143 Å². The van der Waals surface area contributed by atoms with E-state index in [-0.39, 0.29) is 0 Å². The molecule has 0 bridgehead atoms. The van der Waals surface area contributed by atoms with Gasteiger partial charge in [0, 0.05) is 34.3 Å². The Bertz CT molecular complexity index is 1300. The number of anilines is 2. The fourth-order valence-electron chi connectivity index (χ4n) is 3.66. The summed E-state index contributed by atoms with van der Waals surface area (Å²) in [4.78, 5) is 21.4. The molecule has 0 aliphatic heterocycles. The van der Waals surface area contributed by atoms with Gasteiger partial charge in [-0.15, -0.1) is 10.2 Å². The first-order chi connectivity index (χ1) is 16.2. The first-order valence-corrected chi connectivity index (χ1v) is 11.1. The van der Waals surface area contributed by atoms with Crippen LogP contribution in [0.1, 0.15) is 25.7 Å². The largest absolute Gasteiger partial charge is 0.490 e. The molecule has 5 rings (SSSR count). The summed E-state index contributed by atoms with van der Waals surface area (Å²) in [6, 6.07) is 6.67. The maximum absolute atomic E-state index is 10.6. The predicted octanol–water partition coefficient (Wildman–Crippen LogP) is 4.71. The van der Waals surface area contributed by atoms with Crippen molar-refractivity contribution in [1.29, 1.82) is 0 Å². The number of carbonyl (C=O) groups is 1. The maximum Gasteiger partial charge on any atom is 0.490 e. The highest BCUT2D eigenvalue weighted by molar-refractivity contribution is 7.18. The molecule has 1 saturated carbocycles. The molecule has 3 aromatic heterocycles. The highest BCUT2D eigenvalue weighted by atomic mass is 32.1. The normalized spacial score (nSPS) is 14.1.